The highest BCUT2D eigenvalue weighted by molar-refractivity contribution is 5.58. The van der Waals surface area contributed by atoms with Gasteiger partial charge in [0.1, 0.15) is 0 Å². The van der Waals surface area contributed by atoms with E-state index in [1.165, 1.54) is 0 Å². The van der Waals surface area contributed by atoms with E-state index in [2.05, 4.69) is 10.2 Å². The molecule has 20 heavy (non-hydrogen) atoms. The molecular weight excluding hydrogens is 248 g/mol. The van der Waals surface area contributed by atoms with Crippen LogP contribution in [0.15, 0.2) is 66.7 Å². The molecule has 0 aliphatic heterocycles. The summed E-state index contributed by atoms with van der Waals surface area (Å²) >= 11 is 0. The molecule has 2 N–H and O–H groups in total. The summed E-state index contributed by atoms with van der Waals surface area (Å²) in [4.78, 5) is 0. The number of nitrogens with zero attached hydrogens (tertiary/aromatic N) is 1. The molecule has 0 radical (unpaired) electrons. The third-order valence-electron chi connectivity index (χ3n) is 3.30. The van der Waals surface area contributed by atoms with E-state index in [4.69, 9.17) is 0 Å². The van der Waals surface area contributed by atoms with Crippen LogP contribution in [0, 0.1) is 0 Å². The van der Waals surface area contributed by atoms with Gasteiger partial charge in [0.15, 0.2) is 0 Å². The molecule has 0 spiro atoms. The van der Waals surface area contributed by atoms with Gasteiger partial charge in [-0.2, -0.15) is 5.10 Å². The Kier molecular flexibility index (Phi) is 3.61. The molecule has 0 bridgehead atoms. The number of H-pyrrole nitrogens is 1. The highest BCUT2D eigenvalue weighted by Gasteiger charge is 2.10. The van der Waals surface area contributed by atoms with Crippen LogP contribution in [0.2, 0.25) is 0 Å². The third kappa shape index (κ3) is 2.78. The Labute approximate surface area is 117 Å². The zero-order valence-corrected chi connectivity index (χ0v) is 11.0. The number of aliphatic hydroxyl groups excluding tert-OH is 1. The minimum Gasteiger partial charge on any atom is -0.388 e. The molecule has 0 aliphatic rings. The fourth-order valence-corrected chi connectivity index (χ4v) is 2.22. The van der Waals surface area contributed by atoms with Gasteiger partial charge in [-0.15, -0.1) is 0 Å². The zero-order valence-electron chi connectivity index (χ0n) is 11.0. The van der Waals surface area contributed by atoms with Crippen molar-refractivity contribution < 1.29 is 5.11 Å². The number of aliphatic hydroxyl groups is 1. The van der Waals surface area contributed by atoms with Crippen molar-refractivity contribution in [1.82, 2.24) is 10.2 Å². The number of aromatic nitrogens is 2. The molecule has 0 saturated carbocycles. The number of benzene rings is 2. The smallest absolute Gasteiger partial charge is 0.0923 e. The summed E-state index contributed by atoms with van der Waals surface area (Å²) in [7, 11) is 0. The van der Waals surface area contributed by atoms with Crippen molar-refractivity contribution >= 4 is 0 Å². The molecule has 1 atom stereocenters. The molecule has 3 nitrogen and oxygen atoms in total. The number of nitrogens with one attached hydrogen (secondary N) is 1. The van der Waals surface area contributed by atoms with Crippen LogP contribution in [0.5, 0.6) is 0 Å². The Hall–Kier alpha value is -2.39. The Morgan fingerprint density at radius 3 is 2.30 bits per heavy atom. The van der Waals surface area contributed by atoms with E-state index < -0.39 is 6.10 Å². The Morgan fingerprint density at radius 1 is 0.950 bits per heavy atom. The fraction of sp³-hybridized carbons (Fsp3) is 0.118. The number of aromatic amines is 1. The normalized spacial score (nSPS) is 12.2. The third-order valence-corrected chi connectivity index (χ3v) is 3.30. The second-order valence-electron chi connectivity index (χ2n) is 4.78. The molecule has 3 rings (SSSR count). The van der Waals surface area contributed by atoms with Crippen LogP contribution in [0.4, 0.5) is 0 Å². The lowest BCUT2D eigenvalue weighted by atomic mass is 10.0. The molecule has 100 valence electrons. The second-order valence-corrected chi connectivity index (χ2v) is 4.78. The van der Waals surface area contributed by atoms with Gasteiger partial charge < -0.3 is 5.11 Å². The van der Waals surface area contributed by atoms with Gasteiger partial charge in [0.25, 0.3) is 0 Å². The molecule has 1 aromatic heterocycles. The van der Waals surface area contributed by atoms with Gasteiger partial charge in [-0.25, -0.2) is 0 Å². The molecule has 0 amide bonds. The van der Waals surface area contributed by atoms with E-state index in [9.17, 15) is 5.11 Å². The summed E-state index contributed by atoms with van der Waals surface area (Å²) < 4.78 is 0. The molecule has 0 saturated heterocycles. The first-order chi connectivity index (χ1) is 9.83. The Balaban J connectivity index is 1.75. The highest BCUT2D eigenvalue weighted by Crippen LogP contribution is 2.21. The predicted molar refractivity (Wildman–Crippen MR) is 79.1 cm³/mol. The van der Waals surface area contributed by atoms with E-state index in [0.717, 1.165) is 22.5 Å². The maximum Gasteiger partial charge on any atom is 0.0923 e. The second kappa shape index (κ2) is 5.72. The summed E-state index contributed by atoms with van der Waals surface area (Å²) in [6, 6.07) is 21.7. The summed E-state index contributed by atoms with van der Waals surface area (Å²) in [6.45, 7) is 0. The summed E-state index contributed by atoms with van der Waals surface area (Å²) in [5.41, 5.74) is 3.83. The largest absolute Gasteiger partial charge is 0.388 e. The maximum atomic E-state index is 10.2. The molecule has 3 heteroatoms. The SMILES string of the molecule is OC(Cc1cc(-c2ccccc2)n[nH]1)c1ccccc1. The Bertz CT molecular complexity index is 662. The van der Waals surface area contributed by atoms with Crippen LogP contribution in [0.1, 0.15) is 17.4 Å². The van der Waals surface area contributed by atoms with Crippen LogP contribution < -0.4 is 0 Å². The van der Waals surface area contributed by atoms with Crippen molar-refractivity contribution in [3.05, 3.63) is 78.0 Å². The highest BCUT2D eigenvalue weighted by atomic mass is 16.3. The van der Waals surface area contributed by atoms with Gasteiger partial charge in [0, 0.05) is 17.7 Å². The van der Waals surface area contributed by atoms with Crippen LogP contribution >= 0.6 is 0 Å². The van der Waals surface area contributed by atoms with Crippen molar-refractivity contribution in [2.24, 2.45) is 0 Å². The van der Waals surface area contributed by atoms with E-state index in [1.54, 1.807) is 0 Å². The van der Waals surface area contributed by atoms with E-state index in [0.29, 0.717) is 6.42 Å². The average Bonchev–Trinajstić information content (AvgIpc) is 2.97. The summed E-state index contributed by atoms with van der Waals surface area (Å²) in [5, 5.41) is 17.5. The molecular formula is C17H16N2O. The maximum absolute atomic E-state index is 10.2. The predicted octanol–water partition coefficient (Wildman–Crippen LogP) is 3.35. The molecule has 3 aromatic rings. The monoisotopic (exact) mass is 264 g/mol. The van der Waals surface area contributed by atoms with Crippen molar-refractivity contribution in [3.8, 4) is 11.3 Å². The van der Waals surface area contributed by atoms with Crippen LogP contribution in [-0.4, -0.2) is 15.3 Å². The molecule has 1 heterocycles. The first-order valence-corrected chi connectivity index (χ1v) is 6.65. The Morgan fingerprint density at radius 2 is 1.60 bits per heavy atom. The van der Waals surface area contributed by atoms with Gasteiger partial charge in [-0.3, -0.25) is 5.10 Å². The summed E-state index contributed by atoms with van der Waals surface area (Å²) in [6.07, 6.45) is 0.0180. The van der Waals surface area contributed by atoms with Gasteiger partial charge in [0.05, 0.1) is 11.8 Å². The first-order valence-electron chi connectivity index (χ1n) is 6.65. The average molecular weight is 264 g/mol. The van der Waals surface area contributed by atoms with Crippen molar-refractivity contribution in [2.45, 2.75) is 12.5 Å². The van der Waals surface area contributed by atoms with Gasteiger partial charge in [-0.05, 0) is 11.6 Å². The van der Waals surface area contributed by atoms with Gasteiger partial charge in [0.2, 0.25) is 0 Å². The lowest BCUT2D eigenvalue weighted by Crippen LogP contribution is -2.01. The minimum atomic E-state index is -0.514. The number of hydrogen-bond acceptors (Lipinski definition) is 2. The lowest BCUT2D eigenvalue weighted by molar-refractivity contribution is 0.177. The van der Waals surface area contributed by atoms with Crippen molar-refractivity contribution in [1.29, 1.82) is 0 Å². The van der Waals surface area contributed by atoms with Crippen LogP contribution in [0.25, 0.3) is 11.3 Å². The molecule has 0 fully saturated rings. The molecule has 0 aliphatic carbocycles. The summed E-state index contributed by atoms with van der Waals surface area (Å²) in [5.74, 6) is 0. The van der Waals surface area contributed by atoms with E-state index in [-0.39, 0.29) is 0 Å². The molecule has 1 unspecified atom stereocenters. The standard InChI is InChI=1S/C17H16N2O/c20-17(14-9-5-2-6-10-14)12-15-11-16(19-18-15)13-7-3-1-4-8-13/h1-11,17,20H,12H2,(H,18,19). The van der Waals surface area contributed by atoms with Crippen LogP contribution in [0.3, 0.4) is 0 Å². The zero-order chi connectivity index (χ0) is 13.8. The van der Waals surface area contributed by atoms with E-state index in [1.807, 2.05) is 66.7 Å². The lowest BCUT2D eigenvalue weighted by Gasteiger charge is -2.08. The fourth-order valence-electron chi connectivity index (χ4n) is 2.22. The van der Waals surface area contributed by atoms with Crippen molar-refractivity contribution in [2.75, 3.05) is 0 Å². The topological polar surface area (TPSA) is 48.9 Å². The van der Waals surface area contributed by atoms with Crippen LogP contribution in [-0.2, 0) is 6.42 Å². The van der Waals surface area contributed by atoms with Gasteiger partial charge >= 0.3 is 0 Å². The quantitative estimate of drug-likeness (QED) is 0.759. The molecule has 2 aromatic carbocycles. The van der Waals surface area contributed by atoms with Crippen molar-refractivity contribution in [3.63, 3.8) is 0 Å². The van der Waals surface area contributed by atoms with E-state index >= 15 is 0 Å². The number of rotatable bonds is 4. The number of hydrogen-bond donors (Lipinski definition) is 2. The van der Waals surface area contributed by atoms with Gasteiger partial charge in [-0.1, -0.05) is 60.7 Å². The first kappa shape index (κ1) is 12.6. The minimum absolute atomic E-state index is 0.514.